The van der Waals surface area contributed by atoms with E-state index in [9.17, 15) is 21.6 Å². The molecule has 0 atom stereocenters. The van der Waals surface area contributed by atoms with Crippen molar-refractivity contribution in [3.05, 3.63) is 24.3 Å². The number of hydrogen-bond acceptors (Lipinski definition) is 4. The van der Waals surface area contributed by atoms with Gasteiger partial charge < -0.3 is 5.73 Å². The van der Waals surface area contributed by atoms with E-state index in [1.807, 2.05) is 0 Å². The molecule has 0 saturated carbocycles. The van der Waals surface area contributed by atoms with Gasteiger partial charge in [0.2, 0.25) is 10.0 Å². The first-order valence-corrected chi connectivity index (χ1v) is 8.19. The summed E-state index contributed by atoms with van der Waals surface area (Å²) < 4.78 is 60.0. The Bertz CT molecular complexity index is 530. The lowest BCUT2D eigenvalue weighted by Gasteiger charge is -2.18. The number of benzene rings is 1. The number of halogens is 3. The van der Waals surface area contributed by atoms with E-state index in [1.54, 1.807) is 24.3 Å². The van der Waals surface area contributed by atoms with E-state index in [4.69, 9.17) is 5.73 Å². The molecule has 0 heterocycles. The van der Waals surface area contributed by atoms with Gasteiger partial charge in [-0.25, -0.2) is 8.42 Å². The Balaban J connectivity index is 2.49. The molecule has 0 aromatic heterocycles. The number of nitrogen functional groups attached to an aromatic ring is 1. The van der Waals surface area contributed by atoms with Crippen LogP contribution in [0.25, 0.3) is 0 Å². The maximum absolute atomic E-state index is 12.1. The van der Waals surface area contributed by atoms with Gasteiger partial charge in [0.15, 0.2) is 0 Å². The highest BCUT2D eigenvalue weighted by Gasteiger charge is 2.33. The molecule has 114 valence electrons. The molecular weight excluding hydrogens is 313 g/mol. The van der Waals surface area contributed by atoms with Crippen LogP contribution in [0.2, 0.25) is 0 Å². The zero-order chi connectivity index (χ0) is 15.4. The van der Waals surface area contributed by atoms with Crippen LogP contribution in [-0.2, 0) is 10.0 Å². The van der Waals surface area contributed by atoms with Gasteiger partial charge in [-0.1, -0.05) is 0 Å². The number of alkyl halides is 3. The van der Waals surface area contributed by atoms with E-state index in [0.717, 1.165) is 11.9 Å². The van der Waals surface area contributed by atoms with Crippen molar-refractivity contribution >= 4 is 27.5 Å². The van der Waals surface area contributed by atoms with Crippen LogP contribution in [0.4, 0.5) is 18.9 Å². The number of nitrogens with zero attached hydrogens (tertiary/aromatic N) is 1. The summed E-state index contributed by atoms with van der Waals surface area (Å²) >= 11 is 1.25. The number of rotatable bonds is 6. The van der Waals surface area contributed by atoms with Gasteiger partial charge in [-0.05, 0) is 24.3 Å². The summed E-state index contributed by atoms with van der Waals surface area (Å²) in [5.41, 5.74) is 6.09. The van der Waals surface area contributed by atoms with Gasteiger partial charge in [0.25, 0.3) is 0 Å². The molecule has 9 heteroatoms. The normalized spacial score (nSPS) is 12.8. The molecule has 1 aromatic carbocycles. The Morgan fingerprint density at radius 2 is 1.80 bits per heavy atom. The minimum absolute atomic E-state index is 0.175. The molecule has 1 rings (SSSR count). The maximum atomic E-state index is 12.1. The van der Waals surface area contributed by atoms with Crippen LogP contribution in [0.3, 0.4) is 0 Å². The fourth-order valence-corrected chi connectivity index (χ4v) is 3.73. The van der Waals surface area contributed by atoms with E-state index in [0.29, 0.717) is 9.99 Å². The summed E-state index contributed by atoms with van der Waals surface area (Å²) in [5, 5.41) is 0. The Morgan fingerprint density at radius 3 is 2.30 bits per heavy atom. The first-order chi connectivity index (χ1) is 9.10. The van der Waals surface area contributed by atoms with Crippen LogP contribution in [-0.4, -0.2) is 44.0 Å². The van der Waals surface area contributed by atoms with Gasteiger partial charge in [0.05, 0.1) is 5.75 Å². The molecule has 0 saturated heterocycles. The van der Waals surface area contributed by atoms with Crippen molar-refractivity contribution in [1.82, 2.24) is 4.31 Å². The molecule has 20 heavy (non-hydrogen) atoms. The predicted molar refractivity (Wildman–Crippen MR) is 74.1 cm³/mol. The highest BCUT2D eigenvalue weighted by Crippen LogP contribution is 2.21. The molecule has 0 amide bonds. The highest BCUT2D eigenvalue weighted by atomic mass is 32.2. The second-order valence-electron chi connectivity index (χ2n) is 4.10. The van der Waals surface area contributed by atoms with Gasteiger partial charge in [-0.2, -0.15) is 17.5 Å². The first kappa shape index (κ1) is 17.1. The summed E-state index contributed by atoms with van der Waals surface area (Å²) in [5.74, 6) is -0.178. The lowest BCUT2D eigenvalue weighted by atomic mass is 10.3. The lowest BCUT2D eigenvalue weighted by molar-refractivity contribution is -0.134. The molecule has 0 aliphatic carbocycles. The average Bonchev–Trinajstić information content (AvgIpc) is 2.29. The minimum atomic E-state index is -4.54. The summed E-state index contributed by atoms with van der Waals surface area (Å²) in [6, 6.07) is 6.80. The quantitative estimate of drug-likeness (QED) is 0.642. The topological polar surface area (TPSA) is 63.4 Å². The van der Waals surface area contributed by atoms with Crippen molar-refractivity contribution in [3.8, 4) is 0 Å². The predicted octanol–water partition coefficient (Wildman–Crippen LogP) is 2.18. The number of anilines is 1. The van der Waals surface area contributed by atoms with Gasteiger partial charge in [0, 0.05) is 23.4 Å². The molecule has 0 fully saturated rings. The summed E-state index contributed by atoms with van der Waals surface area (Å²) in [6.45, 7) is -1.47. The van der Waals surface area contributed by atoms with Crippen LogP contribution in [0.15, 0.2) is 29.2 Å². The number of nitrogens with two attached hydrogens (primary N) is 1. The maximum Gasteiger partial charge on any atom is 0.402 e. The van der Waals surface area contributed by atoms with Crippen molar-refractivity contribution in [2.24, 2.45) is 0 Å². The van der Waals surface area contributed by atoms with Crippen LogP contribution in [0.1, 0.15) is 0 Å². The van der Waals surface area contributed by atoms with E-state index in [1.165, 1.54) is 11.8 Å². The SMILES string of the molecule is CN(CC(F)(F)F)S(=O)(=O)CCSc1ccc(N)cc1. The van der Waals surface area contributed by atoms with Crippen molar-refractivity contribution in [3.63, 3.8) is 0 Å². The molecule has 1 aromatic rings. The second-order valence-corrected chi connectivity index (χ2v) is 7.47. The van der Waals surface area contributed by atoms with Crippen LogP contribution < -0.4 is 5.73 Å². The van der Waals surface area contributed by atoms with E-state index < -0.39 is 22.7 Å². The third kappa shape index (κ3) is 6.02. The van der Waals surface area contributed by atoms with E-state index >= 15 is 0 Å². The Morgan fingerprint density at radius 1 is 1.25 bits per heavy atom. The number of hydrogen-bond donors (Lipinski definition) is 1. The number of sulfonamides is 1. The largest absolute Gasteiger partial charge is 0.402 e. The monoisotopic (exact) mass is 328 g/mol. The van der Waals surface area contributed by atoms with Crippen molar-refractivity contribution in [2.45, 2.75) is 11.1 Å². The third-order valence-electron chi connectivity index (χ3n) is 2.37. The summed E-state index contributed by atoms with van der Waals surface area (Å²) in [7, 11) is -2.98. The zero-order valence-corrected chi connectivity index (χ0v) is 12.4. The Kier molecular flexibility index (Phi) is 5.72. The average molecular weight is 328 g/mol. The molecule has 0 spiro atoms. The molecule has 0 unspecified atom stereocenters. The second kappa shape index (κ2) is 6.68. The van der Waals surface area contributed by atoms with Crippen LogP contribution in [0.5, 0.6) is 0 Å². The van der Waals surface area contributed by atoms with E-state index in [-0.39, 0.29) is 11.5 Å². The van der Waals surface area contributed by atoms with Gasteiger partial charge in [-0.3, -0.25) is 0 Å². The van der Waals surface area contributed by atoms with Crippen molar-refractivity contribution in [1.29, 1.82) is 0 Å². The molecule has 0 radical (unpaired) electrons. The highest BCUT2D eigenvalue weighted by molar-refractivity contribution is 8.00. The van der Waals surface area contributed by atoms with Crippen LogP contribution >= 0.6 is 11.8 Å². The zero-order valence-electron chi connectivity index (χ0n) is 10.7. The summed E-state index contributed by atoms with van der Waals surface area (Å²) in [4.78, 5) is 0.813. The molecule has 0 aliphatic rings. The van der Waals surface area contributed by atoms with Crippen LogP contribution in [0, 0.1) is 0 Å². The van der Waals surface area contributed by atoms with Gasteiger partial charge in [-0.15, -0.1) is 11.8 Å². The van der Waals surface area contributed by atoms with Gasteiger partial charge in [0.1, 0.15) is 6.54 Å². The van der Waals surface area contributed by atoms with Crippen molar-refractivity contribution in [2.75, 3.05) is 30.8 Å². The summed E-state index contributed by atoms with van der Waals surface area (Å²) in [6.07, 6.45) is -4.54. The lowest BCUT2D eigenvalue weighted by Crippen LogP contribution is -2.37. The molecule has 0 bridgehead atoms. The molecule has 4 nitrogen and oxygen atoms in total. The minimum Gasteiger partial charge on any atom is -0.399 e. The van der Waals surface area contributed by atoms with E-state index in [2.05, 4.69) is 0 Å². The Labute approximate surface area is 120 Å². The standard InChI is InChI=1S/C11H15F3N2O2S2/c1-16(8-11(12,13)14)20(17,18)7-6-19-10-4-2-9(15)3-5-10/h2-5H,6-8,15H2,1H3. The molecule has 2 N–H and O–H groups in total. The first-order valence-electron chi connectivity index (χ1n) is 5.59. The Hall–Kier alpha value is -0.930. The van der Waals surface area contributed by atoms with Gasteiger partial charge >= 0.3 is 6.18 Å². The fraction of sp³-hybridized carbons (Fsp3) is 0.455. The molecular formula is C11H15F3N2O2S2. The number of thioether (sulfide) groups is 1. The third-order valence-corrected chi connectivity index (χ3v) is 5.44. The fourth-order valence-electron chi connectivity index (χ4n) is 1.34. The smallest absolute Gasteiger partial charge is 0.399 e. The van der Waals surface area contributed by atoms with Crippen molar-refractivity contribution < 1.29 is 21.6 Å². The molecule has 0 aliphatic heterocycles.